The number of nitrogens with one attached hydrogen (secondary N) is 1. The molecule has 0 saturated carbocycles. The molecule has 1 aromatic heterocycles. The van der Waals surface area contributed by atoms with Crippen LogP contribution in [0.2, 0.25) is 0 Å². The first-order valence-corrected chi connectivity index (χ1v) is 7.79. The molecule has 0 spiro atoms. The lowest BCUT2D eigenvalue weighted by atomic mass is 10.5. The van der Waals surface area contributed by atoms with Crippen molar-refractivity contribution < 1.29 is 18.3 Å². The van der Waals surface area contributed by atoms with Gasteiger partial charge >= 0.3 is 0 Å². The molecule has 1 heterocycles. The van der Waals surface area contributed by atoms with Gasteiger partial charge in [0.05, 0.1) is 6.20 Å². The van der Waals surface area contributed by atoms with Crippen molar-refractivity contribution in [1.82, 2.24) is 14.5 Å². The van der Waals surface area contributed by atoms with Crippen LogP contribution in [0.4, 0.5) is 0 Å². The summed E-state index contributed by atoms with van der Waals surface area (Å²) < 4.78 is 32.9. The second-order valence-corrected chi connectivity index (χ2v) is 5.73. The van der Waals surface area contributed by atoms with E-state index in [1.807, 2.05) is 6.92 Å². The van der Waals surface area contributed by atoms with Crippen molar-refractivity contribution in [2.45, 2.75) is 31.2 Å². The SMILES string of the molecule is CCOCCCNS(=O)(=O)c1cnn(CCCO)c1. The second-order valence-electron chi connectivity index (χ2n) is 3.96. The summed E-state index contributed by atoms with van der Waals surface area (Å²) in [4.78, 5) is 0.141. The zero-order valence-electron chi connectivity index (χ0n) is 11.1. The van der Waals surface area contributed by atoms with Crippen LogP contribution in [-0.4, -0.2) is 49.7 Å². The summed E-state index contributed by atoms with van der Waals surface area (Å²) in [5.41, 5.74) is 0. The van der Waals surface area contributed by atoms with E-state index in [0.29, 0.717) is 39.1 Å². The van der Waals surface area contributed by atoms with Crippen LogP contribution < -0.4 is 4.72 Å². The van der Waals surface area contributed by atoms with E-state index in [-0.39, 0.29) is 11.5 Å². The summed E-state index contributed by atoms with van der Waals surface area (Å²) in [5.74, 6) is 0. The second kappa shape index (κ2) is 8.26. The Hall–Kier alpha value is -0.960. The van der Waals surface area contributed by atoms with Gasteiger partial charge in [0.25, 0.3) is 0 Å². The van der Waals surface area contributed by atoms with E-state index in [4.69, 9.17) is 9.84 Å². The van der Waals surface area contributed by atoms with Gasteiger partial charge in [0.2, 0.25) is 10.0 Å². The van der Waals surface area contributed by atoms with E-state index in [2.05, 4.69) is 9.82 Å². The number of rotatable bonds is 10. The van der Waals surface area contributed by atoms with E-state index in [9.17, 15) is 8.42 Å². The Kier molecular flexibility index (Phi) is 7.00. The topological polar surface area (TPSA) is 93.5 Å². The van der Waals surface area contributed by atoms with Gasteiger partial charge in [-0.25, -0.2) is 13.1 Å². The molecule has 2 N–H and O–H groups in total. The fourth-order valence-corrected chi connectivity index (χ4v) is 2.47. The number of aliphatic hydroxyl groups excluding tert-OH is 1. The standard InChI is InChI=1S/C11H21N3O4S/c1-2-18-8-3-5-13-19(16,17)11-9-12-14(10-11)6-4-7-15/h9-10,13,15H,2-8H2,1H3. The summed E-state index contributed by atoms with van der Waals surface area (Å²) in [6.45, 7) is 3.95. The van der Waals surface area contributed by atoms with Crippen LogP contribution in [0.25, 0.3) is 0 Å². The van der Waals surface area contributed by atoms with E-state index in [0.717, 1.165) is 0 Å². The van der Waals surface area contributed by atoms with Crippen LogP contribution in [0.5, 0.6) is 0 Å². The molecule has 0 saturated heterocycles. The third-order valence-corrected chi connectivity index (χ3v) is 3.84. The lowest BCUT2D eigenvalue weighted by Gasteiger charge is -2.04. The van der Waals surface area contributed by atoms with Gasteiger partial charge in [-0.05, 0) is 19.8 Å². The monoisotopic (exact) mass is 291 g/mol. The maximum atomic E-state index is 11.9. The van der Waals surface area contributed by atoms with Gasteiger partial charge in [-0.1, -0.05) is 0 Å². The molecule has 0 aliphatic heterocycles. The van der Waals surface area contributed by atoms with Crippen LogP contribution in [0.3, 0.4) is 0 Å². The van der Waals surface area contributed by atoms with Gasteiger partial charge in [0.1, 0.15) is 4.90 Å². The molecule has 0 unspecified atom stereocenters. The quantitative estimate of drug-likeness (QED) is 0.590. The molecule has 7 nitrogen and oxygen atoms in total. The highest BCUT2D eigenvalue weighted by atomic mass is 32.2. The van der Waals surface area contributed by atoms with Gasteiger partial charge in [-0.3, -0.25) is 4.68 Å². The van der Waals surface area contributed by atoms with Crippen LogP contribution >= 0.6 is 0 Å². The third kappa shape index (κ3) is 5.68. The predicted octanol–water partition coefficient (Wildman–Crippen LogP) is -0.0296. The number of sulfonamides is 1. The molecule has 110 valence electrons. The molecule has 0 atom stereocenters. The molecule has 0 bridgehead atoms. The number of ether oxygens (including phenoxy) is 1. The van der Waals surface area contributed by atoms with E-state index >= 15 is 0 Å². The first-order chi connectivity index (χ1) is 9.10. The summed E-state index contributed by atoms with van der Waals surface area (Å²) >= 11 is 0. The lowest BCUT2D eigenvalue weighted by Crippen LogP contribution is -2.25. The van der Waals surface area contributed by atoms with Gasteiger partial charge in [-0.2, -0.15) is 5.10 Å². The van der Waals surface area contributed by atoms with E-state index < -0.39 is 10.0 Å². The molecule has 0 aromatic carbocycles. The smallest absolute Gasteiger partial charge is 0.243 e. The Labute approximate surface area is 113 Å². The van der Waals surface area contributed by atoms with Crippen molar-refractivity contribution in [2.24, 2.45) is 0 Å². The molecule has 0 amide bonds. The molecule has 0 aliphatic rings. The number of hydrogen-bond acceptors (Lipinski definition) is 5. The molecular formula is C11H21N3O4S. The Bertz CT molecular complexity index is 458. The highest BCUT2D eigenvalue weighted by Gasteiger charge is 2.15. The van der Waals surface area contributed by atoms with Crippen molar-refractivity contribution in [1.29, 1.82) is 0 Å². The fourth-order valence-electron chi connectivity index (χ4n) is 1.45. The Morgan fingerprint density at radius 1 is 1.47 bits per heavy atom. The first kappa shape index (κ1) is 16.1. The molecule has 0 aliphatic carbocycles. The first-order valence-electron chi connectivity index (χ1n) is 6.31. The van der Waals surface area contributed by atoms with Gasteiger partial charge in [0.15, 0.2) is 0 Å². The molecule has 1 aromatic rings. The van der Waals surface area contributed by atoms with Crippen molar-refractivity contribution in [3.63, 3.8) is 0 Å². The highest BCUT2D eigenvalue weighted by Crippen LogP contribution is 2.07. The zero-order chi connectivity index (χ0) is 14.1. The van der Waals surface area contributed by atoms with Crippen molar-refractivity contribution in [3.8, 4) is 0 Å². The maximum Gasteiger partial charge on any atom is 0.243 e. The third-order valence-electron chi connectivity index (χ3n) is 2.43. The molecule has 8 heteroatoms. The number of hydrogen-bond donors (Lipinski definition) is 2. The average Bonchev–Trinajstić information content (AvgIpc) is 2.85. The van der Waals surface area contributed by atoms with E-state index in [1.165, 1.54) is 17.1 Å². The van der Waals surface area contributed by atoms with Crippen molar-refractivity contribution in [2.75, 3.05) is 26.4 Å². The highest BCUT2D eigenvalue weighted by molar-refractivity contribution is 7.89. The Morgan fingerprint density at radius 2 is 2.26 bits per heavy atom. The minimum absolute atomic E-state index is 0.0532. The minimum atomic E-state index is -3.50. The van der Waals surface area contributed by atoms with Gasteiger partial charge in [-0.15, -0.1) is 0 Å². The number of aromatic nitrogens is 2. The van der Waals surface area contributed by atoms with Gasteiger partial charge < -0.3 is 9.84 Å². The zero-order valence-corrected chi connectivity index (χ0v) is 11.9. The number of nitrogens with zero attached hydrogens (tertiary/aromatic N) is 2. The van der Waals surface area contributed by atoms with Crippen LogP contribution in [0.1, 0.15) is 19.8 Å². The normalized spacial score (nSPS) is 11.9. The van der Waals surface area contributed by atoms with Crippen LogP contribution in [-0.2, 0) is 21.3 Å². The fraction of sp³-hybridized carbons (Fsp3) is 0.727. The lowest BCUT2D eigenvalue weighted by molar-refractivity contribution is 0.146. The largest absolute Gasteiger partial charge is 0.396 e. The Balaban J connectivity index is 2.45. The minimum Gasteiger partial charge on any atom is -0.396 e. The molecule has 0 fully saturated rings. The molecular weight excluding hydrogens is 270 g/mol. The predicted molar refractivity (Wildman–Crippen MR) is 70.2 cm³/mol. The van der Waals surface area contributed by atoms with Crippen molar-refractivity contribution in [3.05, 3.63) is 12.4 Å². The average molecular weight is 291 g/mol. The molecule has 1 rings (SSSR count). The summed E-state index contributed by atoms with van der Waals surface area (Å²) in [6.07, 6.45) is 3.94. The summed E-state index contributed by atoms with van der Waals surface area (Å²) in [7, 11) is -3.50. The summed E-state index contributed by atoms with van der Waals surface area (Å²) in [6, 6.07) is 0. The van der Waals surface area contributed by atoms with E-state index in [1.54, 1.807) is 0 Å². The van der Waals surface area contributed by atoms with Crippen molar-refractivity contribution >= 4 is 10.0 Å². The Morgan fingerprint density at radius 3 is 2.95 bits per heavy atom. The van der Waals surface area contributed by atoms with Crippen LogP contribution in [0.15, 0.2) is 17.3 Å². The molecule has 19 heavy (non-hydrogen) atoms. The maximum absolute atomic E-state index is 11.9. The number of aryl methyl sites for hydroxylation is 1. The summed E-state index contributed by atoms with van der Waals surface area (Å²) in [5, 5.41) is 12.6. The number of aliphatic hydroxyl groups is 1. The van der Waals surface area contributed by atoms with Crippen LogP contribution in [0, 0.1) is 0 Å². The van der Waals surface area contributed by atoms with Gasteiger partial charge in [0, 0.05) is 39.1 Å². The molecule has 0 radical (unpaired) electrons.